The maximum atomic E-state index is 11.8. The van der Waals surface area contributed by atoms with Crippen molar-refractivity contribution in [3.8, 4) is 0 Å². The Kier molecular flexibility index (Phi) is 3.93. The summed E-state index contributed by atoms with van der Waals surface area (Å²) in [6, 6.07) is -0.181. The van der Waals surface area contributed by atoms with E-state index in [-0.39, 0.29) is 35.4 Å². The van der Waals surface area contributed by atoms with Crippen molar-refractivity contribution in [3.63, 3.8) is 0 Å². The van der Waals surface area contributed by atoms with Gasteiger partial charge >= 0.3 is 12.0 Å². The number of urea groups is 1. The van der Waals surface area contributed by atoms with Gasteiger partial charge < -0.3 is 15.7 Å². The second kappa shape index (κ2) is 4.78. The highest BCUT2D eigenvalue weighted by Gasteiger charge is 2.65. The van der Waals surface area contributed by atoms with E-state index in [1.165, 1.54) is 0 Å². The largest absolute Gasteiger partial charge is 0.481 e. The van der Waals surface area contributed by atoms with Gasteiger partial charge in [0.1, 0.15) is 0 Å². The molecule has 1 aliphatic carbocycles. The summed E-state index contributed by atoms with van der Waals surface area (Å²) in [4.78, 5) is 22.2. The first-order valence-electron chi connectivity index (χ1n) is 6.38. The van der Waals surface area contributed by atoms with Crippen LogP contribution in [0.1, 0.15) is 47.5 Å². The highest BCUT2D eigenvalue weighted by molar-refractivity contribution is 5.75. The first-order valence-corrected chi connectivity index (χ1v) is 6.38. The van der Waals surface area contributed by atoms with Gasteiger partial charge in [0.15, 0.2) is 0 Å². The minimum atomic E-state index is -0.839. The quantitative estimate of drug-likeness (QED) is 0.703. The normalized spacial score (nSPS) is 22.1. The molecule has 0 aromatic carbocycles. The Bertz CT molecular complexity index is 336. The Hall–Kier alpha value is -1.26. The summed E-state index contributed by atoms with van der Waals surface area (Å²) < 4.78 is 0. The van der Waals surface area contributed by atoms with Gasteiger partial charge in [0.25, 0.3) is 0 Å². The van der Waals surface area contributed by atoms with E-state index in [0.29, 0.717) is 6.42 Å². The topological polar surface area (TPSA) is 78.4 Å². The smallest absolute Gasteiger partial charge is 0.315 e. The number of rotatable bonds is 5. The fourth-order valence-corrected chi connectivity index (χ4v) is 2.37. The maximum absolute atomic E-state index is 11.8. The highest BCUT2D eigenvalue weighted by Crippen LogP contribution is 2.62. The molecule has 1 rings (SSSR count). The lowest BCUT2D eigenvalue weighted by molar-refractivity contribution is -0.137. The molecule has 0 radical (unpaired) electrons. The summed E-state index contributed by atoms with van der Waals surface area (Å²) in [5, 5.41) is 14.3. The number of hydrogen-bond acceptors (Lipinski definition) is 2. The van der Waals surface area contributed by atoms with Crippen LogP contribution in [0.15, 0.2) is 0 Å². The van der Waals surface area contributed by atoms with E-state index >= 15 is 0 Å². The minimum Gasteiger partial charge on any atom is -0.481 e. The second-order valence-corrected chi connectivity index (χ2v) is 6.33. The molecule has 0 aliphatic heterocycles. The predicted molar refractivity (Wildman–Crippen MR) is 69.3 cm³/mol. The molecule has 0 aromatic heterocycles. The summed E-state index contributed by atoms with van der Waals surface area (Å²) >= 11 is 0. The Morgan fingerprint density at radius 2 is 1.72 bits per heavy atom. The van der Waals surface area contributed by atoms with Crippen LogP contribution in [0, 0.1) is 10.8 Å². The molecule has 2 amide bonds. The molecule has 1 saturated carbocycles. The molecule has 1 unspecified atom stereocenters. The van der Waals surface area contributed by atoms with Crippen LogP contribution in [0.3, 0.4) is 0 Å². The van der Waals surface area contributed by atoms with Crippen LogP contribution >= 0.6 is 0 Å². The Labute approximate surface area is 108 Å². The molecule has 0 bridgehead atoms. The van der Waals surface area contributed by atoms with Crippen LogP contribution in [0.5, 0.6) is 0 Å². The Morgan fingerprint density at radius 3 is 2.11 bits per heavy atom. The molecule has 1 aliphatic rings. The van der Waals surface area contributed by atoms with Crippen LogP contribution in [0.2, 0.25) is 0 Å². The van der Waals surface area contributed by atoms with E-state index in [9.17, 15) is 9.59 Å². The van der Waals surface area contributed by atoms with Gasteiger partial charge in [-0.25, -0.2) is 4.79 Å². The lowest BCUT2D eigenvalue weighted by Crippen LogP contribution is -2.43. The molecule has 0 heterocycles. The van der Waals surface area contributed by atoms with Crippen molar-refractivity contribution in [1.82, 2.24) is 10.6 Å². The average molecular weight is 256 g/mol. The zero-order chi connectivity index (χ0) is 14.1. The van der Waals surface area contributed by atoms with Crippen LogP contribution in [-0.2, 0) is 4.79 Å². The van der Waals surface area contributed by atoms with Gasteiger partial charge in [0, 0.05) is 18.5 Å². The molecular formula is C13H24N2O3. The number of amides is 2. The molecule has 18 heavy (non-hydrogen) atoms. The lowest BCUT2D eigenvalue weighted by atomic mass is 10.0. The highest BCUT2D eigenvalue weighted by atomic mass is 16.4. The molecule has 5 nitrogen and oxygen atoms in total. The van der Waals surface area contributed by atoms with Crippen molar-refractivity contribution in [1.29, 1.82) is 0 Å². The monoisotopic (exact) mass is 256 g/mol. The summed E-state index contributed by atoms with van der Waals surface area (Å²) in [5.41, 5.74) is 0.212. The Balaban J connectivity index is 2.33. The average Bonchev–Trinajstić information content (AvgIpc) is 2.58. The first kappa shape index (κ1) is 14.8. The Morgan fingerprint density at radius 1 is 1.22 bits per heavy atom. The van der Waals surface area contributed by atoms with Crippen molar-refractivity contribution in [2.45, 2.75) is 59.5 Å². The van der Waals surface area contributed by atoms with Crippen molar-refractivity contribution in [2.75, 3.05) is 0 Å². The maximum Gasteiger partial charge on any atom is 0.315 e. The van der Waals surface area contributed by atoms with Crippen LogP contribution in [0.4, 0.5) is 4.79 Å². The summed E-state index contributed by atoms with van der Waals surface area (Å²) in [5.74, 6) is -0.839. The third-order valence-corrected chi connectivity index (χ3v) is 4.46. The number of carbonyl (C=O) groups excluding carboxylic acids is 1. The summed E-state index contributed by atoms with van der Waals surface area (Å²) in [6.07, 6.45) is 0.516. The van der Waals surface area contributed by atoms with Gasteiger partial charge in [-0.2, -0.15) is 0 Å². The standard InChI is InChI=1S/C13H24N2O3/c1-8(6-7-9(16)17)14-11(18)15-10-12(2,3)13(10,4)5/h8,10H,6-7H2,1-5H3,(H,16,17)(H2,14,15,18). The summed E-state index contributed by atoms with van der Waals surface area (Å²) in [6.45, 7) is 10.3. The lowest BCUT2D eigenvalue weighted by Gasteiger charge is -2.14. The van der Waals surface area contributed by atoms with E-state index in [1.807, 2.05) is 6.92 Å². The van der Waals surface area contributed by atoms with Crippen molar-refractivity contribution < 1.29 is 14.7 Å². The zero-order valence-electron chi connectivity index (χ0n) is 11.8. The van der Waals surface area contributed by atoms with Gasteiger partial charge in [-0.3, -0.25) is 4.79 Å². The first-order chi connectivity index (χ1) is 8.09. The number of nitrogens with one attached hydrogen (secondary N) is 2. The number of aliphatic carboxylic acids is 1. The van der Waals surface area contributed by atoms with Crippen molar-refractivity contribution in [3.05, 3.63) is 0 Å². The third-order valence-electron chi connectivity index (χ3n) is 4.46. The number of hydrogen-bond donors (Lipinski definition) is 3. The third kappa shape index (κ3) is 2.94. The number of carboxylic acid groups (broad SMARTS) is 1. The van der Waals surface area contributed by atoms with Crippen molar-refractivity contribution >= 4 is 12.0 Å². The fourth-order valence-electron chi connectivity index (χ4n) is 2.37. The molecule has 3 N–H and O–H groups in total. The molecule has 0 saturated heterocycles. The molecule has 104 valence electrons. The SMILES string of the molecule is CC(CCC(=O)O)NC(=O)NC1C(C)(C)C1(C)C. The van der Waals surface area contributed by atoms with Gasteiger partial charge in [-0.1, -0.05) is 27.7 Å². The van der Waals surface area contributed by atoms with E-state index in [2.05, 4.69) is 38.3 Å². The number of carbonyl (C=O) groups is 2. The molecule has 1 atom stereocenters. The molecule has 0 spiro atoms. The number of carboxylic acids is 1. The van der Waals surface area contributed by atoms with Crippen LogP contribution in [-0.4, -0.2) is 29.2 Å². The van der Waals surface area contributed by atoms with E-state index in [0.717, 1.165) is 0 Å². The van der Waals surface area contributed by atoms with Crippen LogP contribution in [0.25, 0.3) is 0 Å². The second-order valence-electron chi connectivity index (χ2n) is 6.33. The van der Waals surface area contributed by atoms with Gasteiger partial charge in [-0.15, -0.1) is 0 Å². The van der Waals surface area contributed by atoms with Gasteiger partial charge in [0.05, 0.1) is 0 Å². The summed E-state index contributed by atoms with van der Waals surface area (Å²) in [7, 11) is 0. The van der Waals surface area contributed by atoms with Gasteiger partial charge in [-0.05, 0) is 24.2 Å². The molecular weight excluding hydrogens is 232 g/mol. The van der Waals surface area contributed by atoms with E-state index < -0.39 is 5.97 Å². The molecule has 1 fully saturated rings. The van der Waals surface area contributed by atoms with Crippen molar-refractivity contribution in [2.24, 2.45) is 10.8 Å². The van der Waals surface area contributed by atoms with Crippen LogP contribution < -0.4 is 10.6 Å². The zero-order valence-corrected chi connectivity index (χ0v) is 11.8. The fraction of sp³-hybridized carbons (Fsp3) is 0.846. The predicted octanol–water partition coefficient (Wildman–Crippen LogP) is 1.97. The van der Waals surface area contributed by atoms with E-state index in [4.69, 9.17) is 5.11 Å². The van der Waals surface area contributed by atoms with Gasteiger partial charge in [0.2, 0.25) is 0 Å². The molecule has 0 aromatic rings. The minimum absolute atomic E-state index is 0.0713. The van der Waals surface area contributed by atoms with E-state index in [1.54, 1.807) is 0 Å². The molecule has 5 heteroatoms.